The van der Waals surface area contributed by atoms with Crippen LogP contribution in [0.3, 0.4) is 0 Å². The van der Waals surface area contributed by atoms with E-state index in [9.17, 15) is 14.4 Å². The van der Waals surface area contributed by atoms with Crippen LogP contribution in [-0.4, -0.2) is 35.3 Å². The molecular formula is C23H20N4O3S. The highest BCUT2D eigenvalue weighted by molar-refractivity contribution is 7.99. The third-order valence-electron chi connectivity index (χ3n) is 4.90. The number of anilines is 1. The van der Waals surface area contributed by atoms with E-state index >= 15 is 0 Å². The standard InChI is InChI=1S/C23H20N4O3S/c24-19(28)14-27-17-10-4-5-11-18(17)31-21(15-7-2-1-3-8-15)20(23(27)30)26-22(29)16-9-6-12-25-13-16/h1-13,20-21H,14H2,(H2,24,28)(H,26,29)/t20-,21-/m0/s1. The smallest absolute Gasteiger partial charge is 0.253 e. The van der Waals surface area contributed by atoms with Gasteiger partial charge in [-0.2, -0.15) is 0 Å². The molecule has 0 spiro atoms. The number of pyridine rings is 1. The number of hydrogen-bond acceptors (Lipinski definition) is 5. The van der Waals surface area contributed by atoms with Crippen LogP contribution in [0.2, 0.25) is 0 Å². The Morgan fingerprint density at radius 3 is 2.48 bits per heavy atom. The van der Waals surface area contributed by atoms with Crippen LogP contribution in [0.25, 0.3) is 0 Å². The number of nitrogens with zero attached hydrogens (tertiary/aromatic N) is 2. The third kappa shape index (κ3) is 4.44. The Hall–Kier alpha value is -3.65. The van der Waals surface area contributed by atoms with Gasteiger partial charge in [0.25, 0.3) is 11.8 Å². The fourth-order valence-corrected chi connectivity index (χ4v) is 4.83. The molecule has 0 aliphatic carbocycles. The van der Waals surface area contributed by atoms with Gasteiger partial charge in [-0.3, -0.25) is 19.4 Å². The Labute approximate surface area is 183 Å². The van der Waals surface area contributed by atoms with Gasteiger partial charge < -0.3 is 16.0 Å². The molecule has 4 rings (SSSR count). The molecule has 7 nitrogen and oxygen atoms in total. The van der Waals surface area contributed by atoms with Crippen LogP contribution in [-0.2, 0) is 9.59 Å². The van der Waals surface area contributed by atoms with Crippen molar-refractivity contribution < 1.29 is 14.4 Å². The van der Waals surface area contributed by atoms with Crippen molar-refractivity contribution in [2.75, 3.05) is 11.4 Å². The van der Waals surface area contributed by atoms with Gasteiger partial charge in [-0.1, -0.05) is 42.5 Å². The normalized spacial score (nSPS) is 18.1. The molecule has 0 radical (unpaired) electrons. The van der Waals surface area contributed by atoms with Crippen molar-refractivity contribution in [3.05, 3.63) is 90.3 Å². The van der Waals surface area contributed by atoms with E-state index in [0.29, 0.717) is 11.3 Å². The average molecular weight is 433 g/mol. The summed E-state index contributed by atoms with van der Waals surface area (Å²) in [6.07, 6.45) is 3.01. The van der Waals surface area contributed by atoms with Crippen molar-refractivity contribution in [3.63, 3.8) is 0 Å². The highest BCUT2D eigenvalue weighted by Crippen LogP contribution is 2.45. The molecule has 156 valence electrons. The number of carbonyl (C=O) groups excluding carboxylic acids is 3. The minimum atomic E-state index is -0.924. The molecule has 1 aromatic heterocycles. The first-order valence-corrected chi connectivity index (χ1v) is 10.5. The molecule has 8 heteroatoms. The summed E-state index contributed by atoms with van der Waals surface area (Å²) in [6.45, 7) is -0.281. The number of rotatable bonds is 5. The van der Waals surface area contributed by atoms with Crippen LogP contribution in [0.15, 0.2) is 84.0 Å². The molecule has 0 bridgehead atoms. The highest BCUT2D eigenvalue weighted by Gasteiger charge is 2.40. The van der Waals surface area contributed by atoms with Gasteiger partial charge in [0, 0.05) is 17.3 Å². The summed E-state index contributed by atoms with van der Waals surface area (Å²) in [5, 5.41) is 2.46. The molecule has 2 aromatic carbocycles. The lowest BCUT2D eigenvalue weighted by Crippen LogP contribution is -2.52. The zero-order valence-electron chi connectivity index (χ0n) is 16.5. The van der Waals surface area contributed by atoms with Gasteiger partial charge in [-0.15, -0.1) is 11.8 Å². The van der Waals surface area contributed by atoms with E-state index in [0.717, 1.165) is 10.5 Å². The summed E-state index contributed by atoms with van der Waals surface area (Å²) >= 11 is 1.47. The number of primary amides is 1. The van der Waals surface area contributed by atoms with Gasteiger partial charge in [-0.05, 0) is 29.8 Å². The Bertz CT molecular complexity index is 1110. The fraction of sp³-hybridized carbons (Fsp3) is 0.130. The van der Waals surface area contributed by atoms with Crippen LogP contribution in [0.4, 0.5) is 5.69 Å². The van der Waals surface area contributed by atoms with E-state index in [1.54, 1.807) is 30.5 Å². The van der Waals surface area contributed by atoms with Gasteiger partial charge in [0.15, 0.2) is 0 Å². The van der Waals surface area contributed by atoms with E-state index in [-0.39, 0.29) is 6.54 Å². The van der Waals surface area contributed by atoms with Crippen LogP contribution in [0.1, 0.15) is 21.2 Å². The predicted molar refractivity (Wildman–Crippen MR) is 119 cm³/mol. The second kappa shape index (κ2) is 9.01. The second-order valence-corrected chi connectivity index (χ2v) is 8.18. The number of aromatic nitrogens is 1. The van der Waals surface area contributed by atoms with Gasteiger partial charge in [0.2, 0.25) is 5.91 Å². The Balaban J connectivity index is 1.79. The molecule has 1 aliphatic heterocycles. The number of nitrogens with two attached hydrogens (primary N) is 1. The summed E-state index contributed by atoms with van der Waals surface area (Å²) in [5.74, 6) is -1.45. The number of thioether (sulfide) groups is 1. The Morgan fingerprint density at radius 2 is 1.77 bits per heavy atom. The number of hydrogen-bond donors (Lipinski definition) is 2. The highest BCUT2D eigenvalue weighted by atomic mass is 32.2. The zero-order chi connectivity index (χ0) is 21.8. The van der Waals surface area contributed by atoms with Crippen molar-refractivity contribution in [3.8, 4) is 0 Å². The SMILES string of the molecule is NC(=O)CN1C(=O)[C@@H](NC(=O)c2cccnc2)[C@H](c2ccccc2)Sc2ccccc21. The zero-order valence-corrected chi connectivity index (χ0v) is 17.3. The van der Waals surface area contributed by atoms with Gasteiger partial charge in [0.05, 0.1) is 16.5 Å². The molecule has 3 amide bonds. The van der Waals surface area contributed by atoms with Gasteiger partial charge >= 0.3 is 0 Å². The number of carbonyl (C=O) groups is 3. The number of nitrogens with one attached hydrogen (secondary N) is 1. The molecule has 0 unspecified atom stereocenters. The molecule has 0 saturated heterocycles. The monoisotopic (exact) mass is 432 g/mol. The topological polar surface area (TPSA) is 105 Å². The summed E-state index contributed by atoms with van der Waals surface area (Å²) in [5.41, 5.74) is 7.26. The number of fused-ring (bicyclic) bond motifs is 1. The van der Waals surface area contributed by atoms with Crippen molar-refractivity contribution in [2.45, 2.75) is 16.2 Å². The molecular weight excluding hydrogens is 412 g/mol. The summed E-state index contributed by atoms with van der Waals surface area (Å²) in [7, 11) is 0. The first-order valence-electron chi connectivity index (χ1n) is 9.66. The first kappa shape index (κ1) is 20.6. The molecule has 2 atom stereocenters. The average Bonchev–Trinajstić information content (AvgIpc) is 2.90. The van der Waals surface area contributed by atoms with E-state index in [1.165, 1.54) is 22.9 Å². The fourth-order valence-electron chi connectivity index (χ4n) is 3.48. The molecule has 1 aliphatic rings. The van der Waals surface area contributed by atoms with E-state index < -0.39 is 29.0 Å². The molecule has 3 aromatic rings. The first-order chi connectivity index (χ1) is 15.0. The van der Waals surface area contributed by atoms with Gasteiger partial charge in [0.1, 0.15) is 12.6 Å². The Kier molecular flexibility index (Phi) is 5.99. The number of benzene rings is 2. The van der Waals surface area contributed by atoms with E-state index in [4.69, 9.17) is 5.73 Å². The summed E-state index contributed by atoms with van der Waals surface area (Å²) in [6, 6.07) is 19.2. The van der Waals surface area contributed by atoms with Crippen LogP contribution in [0.5, 0.6) is 0 Å². The maximum atomic E-state index is 13.7. The number of amides is 3. The molecule has 31 heavy (non-hydrogen) atoms. The summed E-state index contributed by atoms with van der Waals surface area (Å²) < 4.78 is 0. The quantitative estimate of drug-likeness (QED) is 0.645. The van der Waals surface area contributed by atoms with Crippen molar-refractivity contribution >= 4 is 35.2 Å². The lowest BCUT2D eigenvalue weighted by Gasteiger charge is -2.28. The van der Waals surface area contributed by atoms with Crippen LogP contribution >= 0.6 is 11.8 Å². The van der Waals surface area contributed by atoms with Crippen molar-refractivity contribution in [1.29, 1.82) is 0 Å². The molecule has 3 N–H and O–H groups in total. The van der Waals surface area contributed by atoms with Crippen molar-refractivity contribution in [2.24, 2.45) is 5.73 Å². The molecule has 2 heterocycles. The van der Waals surface area contributed by atoms with E-state index in [1.807, 2.05) is 42.5 Å². The van der Waals surface area contributed by atoms with Crippen molar-refractivity contribution in [1.82, 2.24) is 10.3 Å². The van der Waals surface area contributed by atoms with Crippen LogP contribution in [0, 0.1) is 0 Å². The lowest BCUT2D eigenvalue weighted by atomic mass is 10.0. The predicted octanol–water partition coefficient (Wildman–Crippen LogP) is 2.55. The largest absolute Gasteiger partial charge is 0.368 e. The minimum Gasteiger partial charge on any atom is -0.368 e. The number of para-hydroxylation sites is 1. The molecule has 0 saturated carbocycles. The Morgan fingerprint density at radius 1 is 1.03 bits per heavy atom. The van der Waals surface area contributed by atoms with Crippen LogP contribution < -0.4 is 16.0 Å². The molecule has 0 fully saturated rings. The lowest BCUT2D eigenvalue weighted by molar-refractivity contribution is -0.123. The minimum absolute atomic E-state index is 0.281. The second-order valence-electron chi connectivity index (χ2n) is 7.00. The van der Waals surface area contributed by atoms with E-state index in [2.05, 4.69) is 10.3 Å². The van der Waals surface area contributed by atoms with Gasteiger partial charge in [-0.25, -0.2) is 0 Å². The maximum Gasteiger partial charge on any atom is 0.253 e. The summed E-state index contributed by atoms with van der Waals surface area (Å²) in [4.78, 5) is 44.5. The maximum absolute atomic E-state index is 13.7. The third-order valence-corrected chi connectivity index (χ3v) is 6.29.